The van der Waals surface area contributed by atoms with Gasteiger partial charge in [0.2, 0.25) is 0 Å². The molecule has 0 aliphatic rings. The van der Waals surface area contributed by atoms with Gasteiger partial charge in [0, 0.05) is 15.6 Å². The zero-order valence-corrected chi connectivity index (χ0v) is 17.3. The molecule has 1 N–H and O–H groups in total. The van der Waals surface area contributed by atoms with Crippen LogP contribution in [0.1, 0.15) is 16.3 Å². The van der Waals surface area contributed by atoms with Gasteiger partial charge in [0.05, 0.1) is 11.2 Å². The zero-order valence-electron chi connectivity index (χ0n) is 14.9. The van der Waals surface area contributed by atoms with Gasteiger partial charge in [-0.3, -0.25) is 4.79 Å². The first-order valence-electron chi connectivity index (χ1n) is 8.64. The van der Waals surface area contributed by atoms with Crippen molar-refractivity contribution in [3.05, 3.63) is 93.8 Å². The van der Waals surface area contributed by atoms with Crippen molar-refractivity contribution in [3.8, 4) is 22.6 Å². The average molecular weight is 470 g/mol. The fourth-order valence-electron chi connectivity index (χ4n) is 2.67. The Kier molecular flexibility index (Phi) is 5.64. The van der Waals surface area contributed by atoms with Crippen LogP contribution in [0.2, 0.25) is 5.02 Å². The van der Waals surface area contributed by atoms with Crippen LogP contribution >= 0.6 is 27.5 Å². The highest BCUT2D eigenvalue weighted by molar-refractivity contribution is 9.10. The summed E-state index contributed by atoms with van der Waals surface area (Å²) in [6.45, 7) is 0. The van der Waals surface area contributed by atoms with Crippen molar-refractivity contribution in [2.24, 2.45) is 5.10 Å². The van der Waals surface area contributed by atoms with Crippen LogP contribution in [-0.4, -0.2) is 12.1 Å². The second kappa shape index (κ2) is 8.51. The van der Waals surface area contributed by atoms with E-state index in [2.05, 4.69) is 26.5 Å². The van der Waals surface area contributed by atoms with Crippen molar-refractivity contribution < 1.29 is 13.6 Å². The molecule has 1 amide bonds. The molecule has 0 atom stereocenters. The summed E-state index contributed by atoms with van der Waals surface area (Å²) in [5.41, 5.74) is 4.08. The Balaban J connectivity index is 1.41. The van der Waals surface area contributed by atoms with Gasteiger partial charge in [0.15, 0.2) is 5.76 Å². The molecule has 4 aromatic rings. The minimum Gasteiger partial charge on any atom is -0.455 e. The SMILES string of the molecule is O=C(NN=Cc1ccc(-c2ccc(Br)cc2)o1)c1ccc(-c2ccccc2Cl)o1. The van der Waals surface area contributed by atoms with Gasteiger partial charge in [-0.05, 0) is 48.5 Å². The van der Waals surface area contributed by atoms with Gasteiger partial charge in [-0.15, -0.1) is 0 Å². The molecule has 0 spiro atoms. The Morgan fingerprint density at radius 3 is 2.48 bits per heavy atom. The lowest BCUT2D eigenvalue weighted by molar-refractivity contribution is 0.0928. The van der Waals surface area contributed by atoms with Gasteiger partial charge in [-0.1, -0.05) is 51.8 Å². The van der Waals surface area contributed by atoms with Crippen molar-refractivity contribution in [1.82, 2.24) is 5.43 Å². The van der Waals surface area contributed by atoms with Gasteiger partial charge in [-0.2, -0.15) is 5.10 Å². The lowest BCUT2D eigenvalue weighted by atomic mass is 10.2. The monoisotopic (exact) mass is 468 g/mol. The maximum Gasteiger partial charge on any atom is 0.307 e. The number of furan rings is 2. The molecule has 0 bridgehead atoms. The van der Waals surface area contributed by atoms with Gasteiger partial charge < -0.3 is 8.83 Å². The molecule has 2 heterocycles. The topological polar surface area (TPSA) is 67.7 Å². The van der Waals surface area contributed by atoms with Crippen molar-refractivity contribution in [1.29, 1.82) is 0 Å². The van der Waals surface area contributed by atoms with Crippen molar-refractivity contribution >= 4 is 39.7 Å². The second-order valence-corrected chi connectivity index (χ2v) is 7.37. The molecule has 0 unspecified atom stereocenters. The van der Waals surface area contributed by atoms with Crippen molar-refractivity contribution in [2.45, 2.75) is 0 Å². The maximum absolute atomic E-state index is 12.2. The first-order valence-corrected chi connectivity index (χ1v) is 9.81. The molecule has 0 aliphatic carbocycles. The van der Waals surface area contributed by atoms with Gasteiger partial charge >= 0.3 is 5.91 Å². The molecule has 2 aromatic carbocycles. The predicted molar refractivity (Wildman–Crippen MR) is 116 cm³/mol. The van der Waals surface area contributed by atoms with E-state index in [1.807, 2.05) is 48.5 Å². The second-order valence-electron chi connectivity index (χ2n) is 6.05. The van der Waals surface area contributed by atoms with Gasteiger partial charge in [0.25, 0.3) is 0 Å². The summed E-state index contributed by atoms with van der Waals surface area (Å²) in [7, 11) is 0. The highest BCUT2D eigenvalue weighted by Crippen LogP contribution is 2.29. The molecule has 0 saturated heterocycles. The molecule has 2 aromatic heterocycles. The van der Waals surface area contributed by atoms with Crippen LogP contribution in [0.4, 0.5) is 0 Å². The maximum atomic E-state index is 12.2. The summed E-state index contributed by atoms with van der Waals surface area (Å²) >= 11 is 9.56. The molecule has 0 aliphatic heterocycles. The standard InChI is InChI=1S/C22H14BrClN2O3/c23-15-7-5-14(6-8-15)19-10-9-16(28-19)13-25-26-22(27)21-12-11-20(29-21)17-3-1-2-4-18(17)24/h1-13H,(H,26,27). The summed E-state index contributed by atoms with van der Waals surface area (Å²) in [5, 5.41) is 4.47. The predicted octanol–water partition coefficient (Wildman–Crippen LogP) is 6.39. The minimum absolute atomic E-state index is 0.132. The van der Waals surface area contributed by atoms with Gasteiger partial charge in [-0.25, -0.2) is 5.43 Å². The summed E-state index contributed by atoms with van der Waals surface area (Å²) in [5.74, 6) is 1.39. The number of halogens is 2. The van der Waals surface area contributed by atoms with Crippen molar-refractivity contribution in [3.63, 3.8) is 0 Å². The molecule has 5 nitrogen and oxygen atoms in total. The van der Waals surface area contributed by atoms with Gasteiger partial charge in [0.1, 0.15) is 17.3 Å². The Morgan fingerprint density at radius 1 is 0.931 bits per heavy atom. The molecule has 0 fully saturated rings. The minimum atomic E-state index is -0.473. The lowest BCUT2D eigenvalue weighted by Crippen LogP contribution is -2.16. The molecule has 29 heavy (non-hydrogen) atoms. The fourth-order valence-corrected chi connectivity index (χ4v) is 3.16. The number of hydrogen-bond acceptors (Lipinski definition) is 4. The number of hydrazone groups is 1. The fraction of sp³-hybridized carbons (Fsp3) is 0. The third kappa shape index (κ3) is 4.50. The van der Waals surface area contributed by atoms with E-state index in [4.69, 9.17) is 20.4 Å². The third-order valence-electron chi connectivity index (χ3n) is 4.08. The van der Waals surface area contributed by atoms with Crippen LogP contribution in [0.5, 0.6) is 0 Å². The van der Waals surface area contributed by atoms with E-state index in [1.54, 1.807) is 24.3 Å². The molecule has 4 rings (SSSR count). The largest absolute Gasteiger partial charge is 0.455 e. The Hall–Kier alpha value is -3.09. The quantitative estimate of drug-likeness (QED) is 0.272. The third-order valence-corrected chi connectivity index (χ3v) is 4.94. The smallest absolute Gasteiger partial charge is 0.307 e. The van der Waals surface area contributed by atoms with E-state index in [0.29, 0.717) is 27.9 Å². The molecular formula is C22H14BrClN2O3. The first-order chi connectivity index (χ1) is 14.1. The summed E-state index contributed by atoms with van der Waals surface area (Å²) in [4.78, 5) is 12.2. The number of benzene rings is 2. The zero-order chi connectivity index (χ0) is 20.2. The summed E-state index contributed by atoms with van der Waals surface area (Å²) in [6, 6.07) is 21.9. The molecule has 0 saturated carbocycles. The number of carbonyl (C=O) groups excluding carboxylic acids is 1. The van der Waals surface area contributed by atoms with E-state index in [1.165, 1.54) is 6.21 Å². The molecule has 7 heteroatoms. The lowest BCUT2D eigenvalue weighted by Gasteiger charge is -1.99. The van der Waals surface area contributed by atoms with E-state index >= 15 is 0 Å². The van der Waals surface area contributed by atoms with Crippen LogP contribution in [0, 0.1) is 0 Å². The van der Waals surface area contributed by atoms with Crippen LogP contribution in [0.25, 0.3) is 22.6 Å². The summed E-state index contributed by atoms with van der Waals surface area (Å²) < 4.78 is 12.3. The van der Waals surface area contributed by atoms with Crippen LogP contribution < -0.4 is 5.43 Å². The van der Waals surface area contributed by atoms with E-state index in [9.17, 15) is 4.79 Å². The van der Waals surface area contributed by atoms with Crippen LogP contribution in [0.15, 0.2) is 91.2 Å². The van der Waals surface area contributed by atoms with E-state index < -0.39 is 5.91 Å². The first kappa shape index (κ1) is 19.2. The highest BCUT2D eigenvalue weighted by atomic mass is 79.9. The Labute approximate surface area is 180 Å². The van der Waals surface area contributed by atoms with E-state index in [-0.39, 0.29) is 5.76 Å². The molecule has 144 valence electrons. The molecular weight excluding hydrogens is 456 g/mol. The normalized spacial score (nSPS) is 11.1. The van der Waals surface area contributed by atoms with Crippen molar-refractivity contribution in [2.75, 3.05) is 0 Å². The number of nitrogens with one attached hydrogen (secondary N) is 1. The number of nitrogens with zero attached hydrogens (tertiary/aromatic N) is 1. The summed E-state index contributed by atoms with van der Waals surface area (Å²) in [6.07, 6.45) is 1.43. The number of rotatable bonds is 5. The van der Waals surface area contributed by atoms with Crippen LogP contribution in [0.3, 0.4) is 0 Å². The average Bonchev–Trinajstić information content (AvgIpc) is 3.39. The Bertz CT molecular complexity index is 1180. The number of carbonyl (C=O) groups is 1. The molecule has 0 radical (unpaired) electrons. The highest BCUT2D eigenvalue weighted by Gasteiger charge is 2.13. The van der Waals surface area contributed by atoms with E-state index in [0.717, 1.165) is 10.0 Å². The van der Waals surface area contributed by atoms with Crippen LogP contribution in [-0.2, 0) is 0 Å². The number of hydrogen-bond donors (Lipinski definition) is 1. The Morgan fingerprint density at radius 2 is 1.69 bits per heavy atom. The number of amides is 1.